The van der Waals surface area contributed by atoms with Gasteiger partial charge >= 0.3 is 0 Å². The maximum absolute atomic E-state index is 6.35. The van der Waals surface area contributed by atoms with Crippen molar-refractivity contribution in [3.63, 3.8) is 0 Å². The zero-order valence-corrected chi connectivity index (χ0v) is 11.8. The van der Waals surface area contributed by atoms with Crippen molar-refractivity contribution in [2.45, 2.75) is 38.3 Å². The highest BCUT2D eigenvalue weighted by Gasteiger charge is 2.53. The van der Waals surface area contributed by atoms with E-state index in [-0.39, 0.29) is 5.60 Å². The van der Waals surface area contributed by atoms with E-state index < -0.39 is 7.65 Å². The molecule has 0 aliphatic carbocycles. The van der Waals surface area contributed by atoms with Gasteiger partial charge in [0, 0.05) is 6.54 Å². The molecule has 2 aliphatic heterocycles. The molecule has 2 nitrogen and oxygen atoms in total. The molecule has 1 unspecified atom stereocenters. The Labute approximate surface area is 109 Å². The highest BCUT2D eigenvalue weighted by Crippen LogP contribution is 2.64. The van der Waals surface area contributed by atoms with Gasteiger partial charge in [-0.25, -0.2) is 4.67 Å². The maximum Gasteiger partial charge on any atom is 0.208 e. The van der Waals surface area contributed by atoms with Crippen LogP contribution in [0.5, 0.6) is 0 Å². The Morgan fingerprint density at radius 2 is 2.12 bits per heavy atom. The van der Waals surface area contributed by atoms with Gasteiger partial charge in [0.25, 0.3) is 0 Å². The standard InChI is InChI=1S/C13H17ClNOP/c1-10-5-7-11(8-6-10)13(2)12-4-3-9-15(12)17(14)16-13/h5-8,12H,3-4,9H2,1-2H3/t12-,13+,17?/m0/s1. The Morgan fingerprint density at radius 3 is 2.82 bits per heavy atom. The first-order chi connectivity index (χ1) is 8.11. The molecule has 0 bridgehead atoms. The van der Waals surface area contributed by atoms with Crippen molar-refractivity contribution in [3.05, 3.63) is 35.4 Å². The van der Waals surface area contributed by atoms with Crippen LogP contribution in [0.25, 0.3) is 0 Å². The number of hydrogen-bond donors (Lipinski definition) is 0. The second kappa shape index (κ2) is 4.20. The highest BCUT2D eigenvalue weighted by atomic mass is 35.7. The minimum Gasteiger partial charge on any atom is -0.319 e. The number of fused-ring (bicyclic) bond motifs is 1. The van der Waals surface area contributed by atoms with Gasteiger partial charge in [0.1, 0.15) is 5.60 Å². The predicted octanol–water partition coefficient (Wildman–Crippen LogP) is 4.17. The van der Waals surface area contributed by atoms with Crippen LogP contribution in [-0.4, -0.2) is 17.3 Å². The fourth-order valence-corrected chi connectivity index (χ4v) is 5.37. The van der Waals surface area contributed by atoms with Crippen LogP contribution in [0.2, 0.25) is 0 Å². The zero-order valence-electron chi connectivity index (χ0n) is 10.2. The van der Waals surface area contributed by atoms with Crippen LogP contribution in [0.1, 0.15) is 30.9 Å². The number of halogens is 1. The van der Waals surface area contributed by atoms with E-state index in [1.807, 2.05) is 0 Å². The fourth-order valence-electron chi connectivity index (χ4n) is 2.90. The lowest BCUT2D eigenvalue weighted by Gasteiger charge is -2.29. The summed E-state index contributed by atoms with van der Waals surface area (Å²) in [6.45, 7) is 5.38. The van der Waals surface area contributed by atoms with Gasteiger partial charge in [0.05, 0.1) is 6.04 Å². The lowest BCUT2D eigenvalue weighted by atomic mass is 9.87. The average Bonchev–Trinajstić information content (AvgIpc) is 2.86. The average molecular weight is 270 g/mol. The Morgan fingerprint density at radius 1 is 1.41 bits per heavy atom. The van der Waals surface area contributed by atoms with Crippen molar-refractivity contribution in [3.8, 4) is 0 Å². The number of aryl methyl sites for hydroxylation is 1. The quantitative estimate of drug-likeness (QED) is 0.710. The summed E-state index contributed by atoms with van der Waals surface area (Å²) >= 11 is 6.35. The first-order valence-electron chi connectivity index (χ1n) is 6.10. The first kappa shape index (κ1) is 11.9. The molecule has 2 aliphatic rings. The SMILES string of the molecule is Cc1ccc([C@@]2(C)OP(Cl)N3CCC[C@H]32)cc1. The van der Waals surface area contributed by atoms with Gasteiger partial charge in [-0.05, 0) is 43.5 Å². The van der Waals surface area contributed by atoms with Crippen molar-refractivity contribution >= 4 is 18.9 Å². The van der Waals surface area contributed by atoms with Crippen molar-refractivity contribution in [2.75, 3.05) is 6.54 Å². The van der Waals surface area contributed by atoms with Crippen molar-refractivity contribution < 1.29 is 4.52 Å². The van der Waals surface area contributed by atoms with Gasteiger partial charge in [-0.2, -0.15) is 0 Å². The normalized spacial score (nSPS) is 37.4. The minimum absolute atomic E-state index is 0.225. The van der Waals surface area contributed by atoms with Crippen LogP contribution in [0, 0.1) is 6.92 Å². The molecule has 0 spiro atoms. The Kier molecular flexibility index (Phi) is 2.95. The van der Waals surface area contributed by atoms with Crippen LogP contribution in [-0.2, 0) is 10.1 Å². The highest BCUT2D eigenvalue weighted by molar-refractivity contribution is 7.78. The van der Waals surface area contributed by atoms with E-state index in [9.17, 15) is 0 Å². The van der Waals surface area contributed by atoms with Gasteiger partial charge in [0.15, 0.2) is 0 Å². The van der Waals surface area contributed by atoms with Crippen molar-refractivity contribution in [1.29, 1.82) is 0 Å². The molecule has 1 aromatic carbocycles. The second-order valence-corrected chi connectivity index (χ2v) is 7.13. The zero-order chi connectivity index (χ0) is 12.0. The van der Waals surface area contributed by atoms with E-state index in [2.05, 4.69) is 42.8 Å². The molecule has 0 aromatic heterocycles. The van der Waals surface area contributed by atoms with Gasteiger partial charge in [-0.3, -0.25) is 0 Å². The van der Waals surface area contributed by atoms with Crippen LogP contribution in [0.4, 0.5) is 0 Å². The summed E-state index contributed by atoms with van der Waals surface area (Å²) in [5, 5.41) is 0. The molecule has 92 valence electrons. The molecule has 17 heavy (non-hydrogen) atoms. The van der Waals surface area contributed by atoms with E-state index in [0.717, 1.165) is 6.54 Å². The second-order valence-electron chi connectivity index (χ2n) is 5.11. The summed E-state index contributed by atoms with van der Waals surface area (Å²) in [6, 6.07) is 9.11. The van der Waals surface area contributed by atoms with E-state index >= 15 is 0 Å². The van der Waals surface area contributed by atoms with Crippen LogP contribution >= 0.6 is 18.9 Å². The molecule has 0 radical (unpaired) electrons. The van der Waals surface area contributed by atoms with Crippen LogP contribution < -0.4 is 0 Å². The molecule has 4 heteroatoms. The summed E-state index contributed by atoms with van der Waals surface area (Å²) in [5.74, 6) is 0. The number of benzene rings is 1. The first-order valence-corrected chi connectivity index (χ1v) is 8.22. The molecule has 1 aromatic rings. The summed E-state index contributed by atoms with van der Waals surface area (Å²) in [6.07, 6.45) is 2.43. The molecular weight excluding hydrogens is 253 g/mol. The summed E-state index contributed by atoms with van der Waals surface area (Å²) in [5.41, 5.74) is 2.31. The van der Waals surface area contributed by atoms with Gasteiger partial charge in [0.2, 0.25) is 7.65 Å². The Bertz CT molecular complexity index is 424. The molecule has 3 atom stereocenters. The molecular formula is C13H17ClNOP. The van der Waals surface area contributed by atoms with E-state index in [1.54, 1.807) is 0 Å². The maximum atomic E-state index is 6.35. The van der Waals surface area contributed by atoms with E-state index in [4.69, 9.17) is 15.8 Å². The number of hydrogen-bond acceptors (Lipinski definition) is 2. The lowest BCUT2D eigenvalue weighted by molar-refractivity contribution is 0.0896. The third kappa shape index (κ3) is 1.82. The van der Waals surface area contributed by atoms with Crippen LogP contribution in [0.3, 0.4) is 0 Å². The molecule has 3 rings (SSSR count). The topological polar surface area (TPSA) is 12.5 Å². The molecule has 0 saturated carbocycles. The van der Waals surface area contributed by atoms with Crippen molar-refractivity contribution in [1.82, 2.24) is 4.67 Å². The predicted molar refractivity (Wildman–Crippen MR) is 72.1 cm³/mol. The third-order valence-electron chi connectivity index (χ3n) is 3.95. The fraction of sp³-hybridized carbons (Fsp3) is 0.538. The molecule has 2 saturated heterocycles. The molecule has 2 fully saturated rings. The van der Waals surface area contributed by atoms with Crippen LogP contribution in [0.15, 0.2) is 24.3 Å². The Hall–Kier alpha value is -0.140. The summed E-state index contributed by atoms with van der Waals surface area (Å²) in [7, 11) is -0.919. The largest absolute Gasteiger partial charge is 0.319 e. The molecule has 2 heterocycles. The minimum atomic E-state index is -0.919. The van der Waals surface area contributed by atoms with E-state index in [0.29, 0.717) is 6.04 Å². The number of rotatable bonds is 1. The van der Waals surface area contributed by atoms with Gasteiger partial charge in [-0.1, -0.05) is 29.8 Å². The smallest absolute Gasteiger partial charge is 0.208 e. The molecule has 0 amide bonds. The van der Waals surface area contributed by atoms with Crippen molar-refractivity contribution in [2.24, 2.45) is 0 Å². The monoisotopic (exact) mass is 269 g/mol. The lowest BCUT2D eigenvalue weighted by Crippen LogP contribution is -2.36. The third-order valence-corrected chi connectivity index (χ3v) is 6.15. The number of nitrogens with zero attached hydrogens (tertiary/aromatic N) is 1. The molecule has 0 N–H and O–H groups in total. The summed E-state index contributed by atoms with van der Waals surface area (Å²) in [4.78, 5) is 0. The van der Waals surface area contributed by atoms with Gasteiger partial charge < -0.3 is 4.52 Å². The summed E-state index contributed by atoms with van der Waals surface area (Å²) < 4.78 is 8.44. The van der Waals surface area contributed by atoms with E-state index in [1.165, 1.54) is 24.0 Å². The van der Waals surface area contributed by atoms with Gasteiger partial charge in [-0.15, -0.1) is 0 Å². The Balaban J connectivity index is 1.98.